The number of unbranched alkanes of at least 4 members (excludes halogenated alkanes) is 2. The number of nitrogens with two attached hydrogens (primary N) is 1. The van der Waals surface area contributed by atoms with Crippen LogP contribution in [0.2, 0.25) is 5.02 Å². The van der Waals surface area contributed by atoms with Gasteiger partial charge in [-0.3, -0.25) is 29.0 Å². The van der Waals surface area contributed by atoms with Crippen molar-refractivity contribution in [2.45, 2.75) is 91.0 Å². The van der Waals surface area contributed by atoms with Gasteiger partial charge in [-0.25, -0.2) is 4.98 Å². The van der Waals surface area contributed by atoms with E-state index in [1.165, 1.54) is 11.1 Å². The second-order valence-corrected chi connectivity index (χ2v) is 17.8. The maximum absolute atomic E-state index is 14.4. The molecule has 312 valence electrons. The third kappa shape index (κ3) is 8.40. The third-order valence-corrected chi connectivity index (χ3v) is 13.1. The van der Waals surface area contributed by atoms with Crippen molar-refractivity contribution in [1.29, 1.82) is 5.26 Å². The minimum Gasteiger partial charge on any atom is -0.489 e. The van der Waals surface area contributed by atoms with Crippen molar-refractivity contribution >= 4 is 41.0 Å². The lowest BCUT2D eigenvalue weighted by molar-refractivity contribution is -0.216. The monoisotopic (exact) mass is 823 g/mol. The molecule has 0 spiro atoms. The van der Waals surface area contributed by atoms with Crippen LogP contribution in [0, 0.1) is 22.2 Å². The number of carbonyl (C=O) groups excluding carboxylic acids is 4. The number of rotatable bonds is 15. The molecule has 1 aromatic heterocycles. The molecule has 4 aliphatic rings. The first kappa shape index (κ1) is 42.1. The largest absolute Gasteiger partial charge is 0.489 e. The summed E-state index contributed by atoms with van der Waals surface area (Å²) in [6.45, 7) is 14.1. The Hall–Kier alpha value is -5.03. The van der Waals surface area contributed by atoms with Gasteiger partial charge in [0.15, 0.2) is 0 Å². The summed E-state index contributed by atoms with van der Waals surface area (Å²) in [7, 11) is 0. The molecular weight excluding hydrogens is 770 g/mol. The van der Waals surface area contributed by atoms with E-state index in [0.717, 1.165) is 75.4 Å². The molecule has 7 rings (SSSR count). The Morgan fingerprint density at radius 1 is 0.983 bits per heavy atom. The summed E-state index contributed by atoms with van der Waals surface area (Å²) in [6, 6.07) is 15.2. The van der Waals surface area contributed by atoms with Crippen LogP contribution < -0.4 is 15.4 Å². The fraction of sp³-hybridized carbons (Fsp3) is 0.511. The SMILES string of the molecule is CC1(C)C(Oc2ccc(C#N)c(Cl)c2)C(C)(C)C1N1C(=O)CC[C@H](N2Cc3c(CCCCCOCCN4CCN(c5ccc(C(N)=O)cn5)CC4)cccc3C2=O)C1=O. The fourth-order valence-electron chi connectivity index (χ4n) is 10.0. The zero-order chi connectivity index (χ0) is 42.1. The molecule has 2 N–H and O–H groups in total. The van der Waals surface area contributed by atoms with Crippen LogP contribution >= 0.6 is 11.6 Å². The number of nitrogens with zero attached hydrogens (tertiary/aromatic N) is 6. The Bertz CT molecular complexity index is 2110. The number of piperidine rings is 1. The molecule has 14 heteroatoms. The van der Waals surface area contributed by atoms with Crippen LogP contribution in [0.25, 0.3) is 0 Å². The van der Waals surface area contributed by atoms with Gasteiger partial charge in [-0.2, -0.15) is 5.26 Å². The second-order valence-electron chi connectivity index (χ2n) is 17.4. The van der Waals surface area contributed by atoms with Gasteiger partial charge in [0.2, 0.25) is 11.8 Å². The molecule has 0 unspecified atom stereocenters. The number of nitriles is 1. The number of imide groups is 1. The first-order chi connectivity index (χ1) is 28.2. The number of hydrogen-bond donors (Lipinski definition) is 1. The number of benzene rings is 2. The number of hydrogen-bond acceptors (Lipinski definition) is 10. The number of primary amides is 1. The number of carbonyl (C=O) groups is 4. The Morgan fingerprint density at radius 3 is 2.42 bits per heavy atom. The Balaban J connectivity index is 0.869. The molecule has 59 heavy (non-hydrogen) atoms. The van der Waals surface area contributed by atoms with Crippen molar-refractivity contribution < 1.29 is 28.7 Å². The third-order valence-electron chi connectivity index (χ3n) is 12.7. The summed E-state index contributed by atoms with van der Waals surface area (Å²) in [4.78, 5) is 65.3. The zero-order valence-electron chi connectivity index (χ0n) is 34.4. The van der Waals surface area contributed by atoms with E-state index in [1.807, 2.05) is 45.9 Å². The zero-order valence-corrected chi connectivity index (χ0v) is 35.2. The van der Waals surface area contributed by atoms with Crippen molar-refractivity contribution in [1.82, 2.24) is 19.7 Å². The molecule has 4 amide bonds. The normalized spacial score (nSPS) is 22.5. The van der Waals surface area contributed by atoms with Crippen LogP contribution in [-0.2, 0) is 27.3 Å². The number of amides is 4. The molecule has 3 aromatic rings. The molecular formula is C45H54ClN7O6. The summed E-state index contributed by atoms with van der Waals surface area (Å²) in [5.74, 6) is 0.174. The van der Waals surface area contributed by atoms with E-state index in [9.17, 15) is 24.4 Å². The van der Waals surface area contributed by atoms with E-state index in [0.29, 0.717) is 53.6 Å². The van der Waals surface area contributed by atoms with Crippen molar-refractivity contribution in [2.24, 2.45) is 16.6 Å². The molecule has 2 saturated heterocycles. The summed E-state index contributed by atoms with van der Waals surface area (Å²) >= 11 is 6.29. The topological polar surface area (TPSA) is 162 Å². The Morgan fingerprint density at radius 2 is 1.75 bits per heavy atom. The molecule has 3 aliphatic heterocycles. The maximum atomic E-state index is 14.4. The van der Waals surface area contributed by atoms with Crippen molar-refractivity contribution in [3.8, 4) is 11.8 Å². The molecule has 3 fully saturated rings. The van der Waals surface area contributed by atoms with Gasteiger partial charge in [0.05, 0.1) is 28.8 Å². The predicted octanol–water partition coefficient (Wildman–Crippen LogP) is 5.61. The van der Waals surface area contributed by atoms with Crippen LogP contribution in [0.4, 0.5) is 5.82 Å². The standard InChI is InChI=1S/C45H54ClN7O6/c1-44(2)42(45(3,4)43(44)59-32-14-12-30(26-47)35(46)25-32)53-38(54)17-15-36(41(53)57)52-28-34-29(10-8-11-33(34)40(52)56)9-6-5-7-23-58-24-22-50-18-20-51(21-19-50)37-16-13-31(27-49-37)39(48)55/h8,10-14,16,25,27,36,42-43H,5-7,9,15,17-24,28H2,1-4H3,(H2,48,55)/t36-,42?,43?/m0/s1. The van der Waals surface area contributed by atoms with Crippen LogP contribution in [0.1, 0.15) is 97.2 Å². The molecule has 0 bridgehead atoms. The Labute approximate surface area is 351 Å². The summed E-state index contributed by atoms with van der Waals surface area (Å²) < 4.78 is 12.4. The minimum atomic E-state index is -0.732. The van der Waals surface area contributed by atoms with E-state index in [1.54, 1.807) is 29.2 Å². The van der Waals surface area contributed by atoms with Crippen molar-refractivity contribution in [2.75, 3.05) is 50.8 Å². The highest BCUT2D eigenvalue weighted by Gasteiger charge is 2.68. The number of anilines is 1. The molecule has 13 nitrogen and oxygen atoms in total. The first-order valence-corrected chi connectivity index (χ1v) is 21.0. The number of ether oxygens (including phenoxy) is 2. The lowest BCUT2D eigenvalue weighted by atomic mass is 9.48. The number of aromatic nitrogens is 1. The lowest BCUT2D eigenvalue weighted by Crippen LogP contribution is -2.77. The first-order valence-electron chi connectivity index (χ1n) is 20.7. The molecule has 2 aromatic carbocycles. The van der Waals surface area contributed by atoms with Gasteiger partial charge in [-0.15, -0.1) is 0 Å². The van der Waals surface area contributed by atoms with Crippen LogP contribution in [-0.4, -0.2) is 107 Å². The van der Waals surface area contributed by atoms with Gasteiger partial charge < -0.3 is 25.0 Å². The number of halogens is 1. The molecule has 1 atom stereocenters. The maximum Gasteiger partial charge on any atom is 0.255 e. The van der Waals surface area contributed by atoms with Crippen molar-refractivity contribution in [3.63, 3.8) is 0 Å². The fourth-order valence-corrected chi connectivity index (χ4v) is 10.3. The van der Waals surface area contributed by atoms with E-state index in [2.05, 4.69) is 26.9 Å². The highest BCUT2D eigenvalue weighted by molar-refractivity contribution is 6.31. The average molecular weight is 824 g/mol. The van der Waals surface area contributed by atoms with E-state index in [4.69, 9.17) is 26.8 Å². The van der Waals surface area contributed by atoms with Crippen molar-refractivity contribution in [3.05, 3.63) is 87.6 Å². The quantitative estimate of drug-likeness (QED) is 0.151. The molecule has 1 saturated carbocycles. The predicted molar refractivity (Wildman–Crippen MR) is 223 cm³/mol. The highest BCUT2D eigenvalue weighted by atomic mass is 35.5. The summed E-state index contributed by atoms with van der Waals surface area (Å²) in [5.41, 5.74) is 7.62. The van der Waals surface area contributed by atoms with Gasteiger partial charge in [0.25, 0.3) is 11.8 Å². The summed E-state index contributed by atoms with van der Waals surface area (Å²) in [6.07, 6.45) is 5.37. The van der Waals surface area contributed by atoms with Gasteiger partial charge in [-0.05, 0) is 67.1 Å². The second kappa shape index (κ2) is 17.3. The van der Waals surface area contributed by atoms with Gasteiger partial charge in [0.1, 0.15) is 29.8 Å². The smallest absolute Gasteiger partial charge is 0.255 e. The number of fused-ring (bicyclic) bond motifs is 1. The number of aryl methyl sites for hydroxylation is 1. The van der Waals surface area contributed by atoms with Gasteiger partial charge in [0, 0.05) is 81.0 Å². The van der Waals surface area contributed by atoms with Crippen LogP contribution in [0.5, 0.6) is 5.75 Å². The highest BCUT2D eigenvalue weighted by Crippen LogP contribution is 2.58. The van der Waals surface area contributed by atoms with Crippen LogP contribution in [0.15, 0.2) is 54.7 Å². The lowest BCUT2D eigenvalue weighted by Gasteiger charge is -2.66. The molecule has 0 radical (unpaired) electrons. The number of pyridine rings is 1. The van der Waals surface area contributed by atoms with E-state index >= 15 is 0 Å². The Kier molecular flexibility index (Phi) is 12.3. The van der Waals surface area contributed by atoms with E-state index in [-0.39, 0.29) is 30.2 Å². The molecule has 1 aliphatic carbocycles. The summed E-state index contributed by atoms with van der Waals surface area (Å²) in [5, 5.41) is 9.58. The number of likely N-dealkylation sites (tertiary alicyclic amines) is 1. The number of piperazine rings is 1. The molecule has 4 heterocycles. The minimum absolute atomic E-state index is 0.161. The van der Waals surface area contributed by atoms with E-state index < -0.39 is 28.8 Å². The average Bonchev–Trinajstić information content (AvgIpc) is 3.55. The van der Waals surface area contributed by atoms with Gasteiger partial charge in [-0.1, -0.05) is 57.8 Å². The van der Waals surface area contributed by atoms with Crippen LogP contribution in [0.3, 0.4) is 0 Å². The van der Waals surface area contributed by atoms with Gasteiger partial charge >= 0.3 is 0 Å².